The van der Waals surface area contributed by atoms with Crippen LogP contribution >= 0.6 is 11.3 Å². The Balaban J connectivity index is 0.00000128. The molecule has 84 valence electrons. The van der Waals surface area contributed by atoms with Gasteiger partial charge in [-0.05, 0) is 27.9 Å². The molecule has 0 saturated carbocycles. The van der Waals surface area contributed by atoms with Crippen molar-refractivity contribution >= 4 is 23.9 Å². The predicted octanol–water partition coefficient (Wildman–Crippen LogP) is 3.45. The zero-order valence-corrected chi connectivity index (χ0v) is 13.5. The van der Waals surface area contributed by atoms with Crippen LogP contribution in [0.4, 0.5) is 0 Å². The summed E-state index contributed by atoms with van der Waals surface area (Å²) in [6.45, 7) is 7.13. The van der Waals surface area contributed by atoms with Crippen LogP contribution in [0, 0.1) is 6.08 Å². The van der Waals surface area contributed by atoms with Gasteiger partial charge in [-0.2, -0.15) is 17.4 Å². The second-order valence-electron chi connectivity index (χ2n) is 4.45. The van der Waals surface area contributed by atoms with Crippen LogP contribution in [0.25, 0.3) is 0 Å². The summed E-state index contributed by atoms with van der Waals surface area (Å²) < 4.78 is 1.64. The Hall–Kier alpha value is 0.111. The van der Waals surface area contributed by atoms with E-state index in [2.05, 4.69) is 49.7 Å². The van der Waals surface area contributed by atoms with Gasteiger partial charge in [0.05, 0.1) is 8.07 Å². The van der Waals surface area contributed by atoms with E-state index in [9.17, 15) is 0 Å². The molecule has 0 N–H and O–H groups in total. The fraction of sp³-hybridized carbons (Fsp3) is 0.385. The van der Waals surface area contributed by atoms with Gasteiger partial charge in [-0.1, -0.05) is 20.0 Å². The minimum absolute atomic E-state index is 0. The first-order valence-electron chi connectivity index (χ1n) is 5.51. The summed E-state index contributed by atoms with van der Waals surface area (Å²) in [4.78, 5) is 0. The molecule has 1 aromatic rings. The maximum absolute atomic E-state index is 3.51. The van der Waals surface area contributed by atoms with Gasteiger partial charge in [0.1, 0.15) is 0 Å². The van der Waals surface area contributed by atoms with E-state index in [1.54, 1.807) is 10.1 Å². The number of allylic oxidation sites excluding steroid dienone is 4. The molecule has 0 bridgehead atoms. The Bertz CT molecular complexity index is 415. The van der Waals surface area contributed by atoms with E-state index in [0.717, 1.165) is 12.8 Å². The van der Waals surface area contributed by atoms with Crippen LogP contribution < -0.4 is 4.50 Å². The number of hydrogen-bond donors (Lipinski definition) is 0. The molecule has 1 aliphatic carbocycles. The maximum atomic E-state index is 3.51. The van der Waals surface area contributed by atoms with E-state index >= 15 is 0 Å². The zero-order chi connectivity index (χ0) is 10.9. The summed E-state index contributed by atoms with van der Waals surface area (Å²) in [5.41, 5.74) is 1.55. The summed E-state index contributed by atoms with van der Waals surface area (Å²) in [7, 11) is -1.42. The minimum Gasteiger partial charge on any atom is -0.273 e. The second kappa shape index (κ2) is 5.63. The fourth-order valence-corrected chi connectivity index (χ4v) is 6.95. The summed E-state index contributed by atoms with van der Waals surface area (Å²) in [5, 5.41) is 3.72. The predicted molar refractivity (Wildman–Crippen MR) is 71.3 cm³/mol. The van der Waals surface area contributed by atoms with Gasteiger partial charge in [-0.15, -0.1) is 6.42 Å². The van der Waals surface area contributed by atoms with Gasteiger partial charge in [0, 0.05) is 21.7 Å². The van der Waals surface area contributed by atoms with Crippen LogP contribution in [0.5, 0.6) is 0 Å². The van der Waals surface area contributed by atoms with Crippen molar-refractivity contribution in [1.82, 2.24) is 0 Å². The molecular weight excluding hydrogens is 264 g/mol. The summed E-state index contributed by atoms with van der Waals surface area (Å²) >= 11 is 1.93. The molecule has 0 atom stereocenters. The van der Waals surface area contributed by atoms with Gasteiger partial charge in [0.25, 0.3) is 0 Å². The first-order valence-corrected chi connectivity index (χ1v) is 9.39. The Labute approximate surface area is 118 Å². The normalized spacial score (nSPS) is 14.8. The number of aryl methyl sites for hydroxylation is 1. The van der Waals surface area contributed by atoms with E-state index in [1.165, 1.54) is 5.20 Å². The molecule has 0 aromatic carbocycles. The van der Waals surface area contributed by atoms with E-state index in [-0.39, 0.29) is 21.7 Å². The van der Waals surface area contributed by atoms with Gasteiger partial charge in [-0.25, -0.2) is 11.3 Å². The topological polar surface area (TPSA) is 0 Å². The molecular formula is C13H17SSiTi-. The van der Waals surface area contributed by atoms with Gasteiger partial charge in [0.2, 0.25) is 0 Å². The Kier molecular flexibility index (Phi) is 4.99. The van der Waals surface area contributed by atoms with Gasteiger partial charge < -0.3 is 0 Å². The maximum Gasteiger partial charge on any atom is 0.0886 e. The molecule has 1 aliphatic rings. The molecule has 3 heteroatoms. The van der Waals surface area contributed by atoms with Crippen LogP contribution in [0.15, 0.2) is 28.8 Å². The van der Waals surface area contributed by atoms with Crippen molar-refractivity contribution in [2.45, 2.75) is 32.9 Å². The van der Waals surface area contributed by atoms with E-state index in [0.29, 0.717) is 0 Å². The molecule has 2 rings (SSSR count). The Morgan fingerprint density at radius 3 is 2.75 bits per heavy atom. The molecule has 0 radical (unpaired) electrons. The minimum atomic E-state index is -1.42. The fourth-order valence-electron chi connectivity index (χ4n) is 2.12. The zero-order valence-electron chi connectivity index (χ0n) is 10.1. The monoisotopic (exact) mass is 281 g/mol. The van der Waals surface area contributed by atoms with E-state index in [4.69, 9.17) is 0 Å². The van der Waals surface area contributed by atoms with Crippen LogP contribution in [0.2, 0.25) is 13.1 Å². The van der Waals surface area contributed by atoms with E-state index in [1.807, 2.05) is 11.3 Å². The third-order valence-corrected chi connectivity index (χ3v) is 8.86. The van der Waals surface area contributed by atoms with Crippen molar-refractivity contribution in [3.8, 4) is 0 Å². The number of thiophene rings is 1. The largest absolute Gasteiger partial charge is 0.273 e. The van der Waals surface area contributed by atoms with Crippen molar-refractivity contribution in [2.24, 2.45) is 0 Å². The Morgan fingerprint density at radius 2 is 2.19 bits per heavy atom. The summed E-state index contributed by atoms with van der Waals surface area (Å²) in [6, 6.07) is 2.29. The van der Waals surface area contributed by atoms with Crippen LogP contribution in [-0.4, -0.2) is 8.07 Å². The van der Waals surface area contributed by atoms with Gasteiger partial charge >= 0.3 is 0 Å². The first kappa shape index (κ1) is 14.2. The van der Waals surface area contributed by atoms with Crippen molar-refractivity contribution in [2.75, 3.05) is 0 Å². The van der Waals surface area contributed by atoms with E-state index < -0.39 is 8.07 Å². The average Bonchev–Trinajstić information content (AvgIpc) is 2.89. The van der Waals surface area contributed by atoms with Gasteiger partial charge in [-0.3, -0.25) is 6.08 Å². The second-order valence-corrected chi connectivity index (χ2v) is 10.0. The summed E-state index contributed by atoms with van der Waals surface area (Å²) in [5.74, 6) is 0. The Morgan fingerprint density at radius 1 is 1.44 bits per heavy atom. The molecule has 0 fully saturated rings. The molecule has 0 spiro atoms. The SMILES string of the molecule is CCc1ccsc1[Si](C)(C)C1=[C-]CC=C1.[Ti]. The number of hydrogen-bond acceptors (Lipinski definition) is 1. The van der Waals surface area contributed by atoms with Crippen LogP contribution in [-0.2, 0) is 28.1 Å². The third kappa shape index (κ3) is 2.51. The summed E-state index contributed by atoms with van der Waals surface area (Å²) in [6.07, 6.45) is 10.2. The molecule has 0 aliphatic heterocycles. The molecule has 16 heavy (non-hydrogen) atoms. The molecule has 1 heterocycles. The molecule has 0 saturated heterocycles. The smallest absolute Gasteiger partial charge is 0.0886 e. The molecule has 0 nitrogen and oxygen atoms in total. The molecule has 0 unspecified atom stereocenters. The number of rotatable bonds is 3. The van der Waals surface area contributed by atoms with Crippen molar-refractivity contribution in [3.63, 3.8) is 0 Å². The van der Waals surface area contributed by atoms with Crippen molar-refractivity contribution < 1.29 is 21.7 Å². The van der Waals surface area contributed by atoms with Crippen molar-refractivity contribution in [1.29, 1.82) is 0 Å². The van der Waals surface area contributed by atoms with Crippen LogP contribution in [0.1, 0.15) is 18.9 Å². The van der Waals surface area contributed by atoms with Crippen molar-refractivity contribution in [3.05, 3.63) is 40.4 Å². The van der Waals surface area contributed by atoms with Crippen LogP contribution in [0.3, 0.4) is 0 Å². The molecule has 1 aromatic heterocycles. The standard InChI is InChI=1S/C13H17SSi.Ti/c1-4-11-9-10-14-13(11)15(2,3)12-7-5-6-8-12;/h5,7,9-10H,4,6H2,1-3H3;/q-1;. The first-order chi connectivity index (χ1) is 7.16. The van der Waals surface area contributed by atoms with Gasteiger partial charge in [0.15, 0.2) is 0 Å². The third-order valence-electron chi connectivity index (χ3n) is 3.06. The quantitative estimate of drug-likeness (QED) is 0.588. The average molecular weight is 281 g/mol. The molecule has 0 amide bonds.